The predicted octanol–water partition coefficient (Wildman–Crippen LogP) is 3.56. The Morgan fingerprint density at radius 3 is 2.47 bits per heavy atom. The van der Waals surface area contributed by atoms with Gasteiger partial charge in [0.1, 0.15) is 22.9 Å². The van der Waals surface area contributed by atoms with Gasteiger partial charge in [0.25, 0.3) is 0 Å². The number of hydrogen-bond acceptors (Lipinski definition) is 3. The van der Waals surface area contributed by atoms with Gasteiger partial charge in [-0.2, -0.15) is 0 Å². The molecule has 0 saturated carbocycles. The average Bonchev–Trinajstić information content (AvgIpc) is 2.84. The molecule has 0 atom stereocenters. The summed E-state index contributed by atoms with van der Waals surface area (Å²) in [5.41, 5.74) is 5.23. The summed E-state index contributed by atoms with van der Waals surface area (Å²) in [4.78, 5) is 9.21. The van der Waals surface area contributed by atoms with Crippen molar-refractivity contribution in [3.63, 3.8) is 0 Å². The fourth-order valence-corrected chi connectivity index (χ4v) is 2.46. The second-order valence-electron chi connectivity index (χ2n) is 5.03. The third-order valence-corrected chi connectivity index (χ3v) is 3.60. The van der Waals surface area contributed by atoms with Crippen molar-refractivity contribution >= 4 is 11.2 Å². The van der Waals surface area contributed by atoms with Gasteiger partial charge in [0, 0.05) is 12.3 Å². The van der Waals surface area contributed by atoms with Crippen LogP contribution in [0.4, 0.5) is 0 Å². The van der Waals surface area contributed by atoms with Gasteiger partial charge in [-0.15, -0.1) is 0 Å². The number of furan rings is 1. The first kappa shape index (κ1) is 12.0. The molecule has 19 heavy (non-hydrogen) atoms. The maximum absolute atomic E-state index is 5.62. The van der Waals surface area contributed by atoms with E-state index in [2.05, 4.69) is 28.4 Å². The lowest BCUT2D eigenvalue weighted by Crippen LogP contribution is -1.98. The van der Waals surface area contributed by atoms with Gasteiger partial charge in [0.2, 0.25) is 0 Å². The number of pyridine rings is 1. The molecule has 3 rings (SSSR count). The summed E-state index contributed by atoms with van der Waals surface area (Å²) < 4.78 is 7.68. The first-order chi connectivity index (χ1) is 8.99. The zero-order valence-electron chi connectivity index (χ0n) is 11.9. The molecule has 3 heterocycles. The van der Waals surface area contributed by atoms with Crippen LogP contribution in [0.2, 0.25) is 0 Å². The highest BCUT2D eigenvalue weighted by molar-refractivity contribution is 5.78. The van der Waals surface area contributed by atoms with Crippen LogP contribution in [0.25, 0.3) is 16.9 Å². The highest BCUT2D eigenvalue weighted by atomic mass is 16.3. The summed E-state index contributed by atoms with van der Waals surface area (Å²) in [6.45, 7) is 10.1. The van der Waals surface area contributed by atoms with Crippen LogP contribution in [0.1, 0.15) is 28.5 Å². The molecular formula is C15H17N3O. The minimum Gasteiger partial charge on any atom is -0.464 e. The van der Waals surface area contributed by atoms with E-state index < -0.39 is 0 Å². The van der Waals surface area contributed by atoms with E-state index >= 15 is 0 Å². The van der Waals surface area contributed by atoms with Crippen molar-refractivity contribution in [3.8, 4) is 5.69 Å². The Labute approximate surface area is 112 Å². The summed E-state index contributed by atoms with van der Waals surface area (Å²) >= 11 is 0. The van der Waals surface area contributed by atoms with Gasteiger partial charge in [-0.1, -0.05) is 0 Å². The van der Waals surface area contributed by atoms with Crippen LogP contribution in [-0.4, -0.2) is 14.5 Å². The van der Waals surface area contributed by atoms with Crippen LogP contribution in [0.15, 0.2) is 16.7 Å². The minimum atomic E-state index is 0.889. The van der Waals surface area contributed by atoms with Crippen LogP contribution < -0.4 is 0 Å². The molecule has 0 radical (unpaired) electrons. The minimum absolute atomic E-state index is 0.889. The first-order valence-electron chi connectivity index (χ1n) is 6.37. The van der Waals surface area contributed by atoms with Crippen LogP contribution in [-0.2, 0) is 0 Å². The number of rotatable bonds is 1. The van der Waals surface area contributed by atoms with Crippen molar-refractivity contribution in [1.29, 1.82) is 0 Å². The topological polar surface area (TPSA) is 43.9 Å². The number of imidazole rings is 1. The number of fused-ring (bicyclic) bond motifs is 1. The van der Waals surface area contributed by atoms with Crippen molar-refractivity contribution in [3.05, 3.63) is 40.7 Å². The third kappa shape index (κ3) is 1.67. The van der Waals surface area contributed by atoms with Crippen molar-refractivity contribution in [1.82, 2.24) is 14.5 Å². The molecule has 0 N–H and O–H groups in total. The van der Waals surface area contributed by atoms with E-state index in [0.29, 0.717) is 0 Å². The van der Waals surface area contributed by atoms with E-state index in [1.165, 1.54) is 5.56 Å². The lowest BCUT2D eigenvalue weighted by Gasteiger charge is -2.05. The number of nitrogens with zero attached hydrogens (tertiary/aromatic N) is 3. The Morgan fingerprint density at radius 1 is 1.11 bits per heavy atom. The Balaban J connectivity index is 2.39. The SMILES string of the molecule is Cc1cc(-n2c(C)nc3c(C)c(C)cnc32)c(C)o1. The molecule has 3 aromatic heterocycles. The average molecular weight is 255 g/mol. The van der Waals surface area contributed by atoms with Crippen LogP contribution in [0, 0.1) is 34.6 Å². The molecule has 0 amide bonds. The molecule has 0 fully saturated rings. The van der Waals surface area contributed by atoms with Crippen molar-refractivity contribution in [2.45, 2.75) is 34.6 Å². The molecule has 0 saturated heterocycles. The van der Waals surface area contributed by atoms with Crippen LogP contribution >= 0.6 is 0 Å². The Kier molecular flexibility index (Phi) is 2.49. The maximum Gasteiger partial charge on any atom is 0.165 e. The molecule has 98 valence electrons. The van der Waals surface area contributed by atoms with Gasteiger partial charge in [-0.25, -0.2) is 9.97 Å². The van der Waals surface area contributed by atoms with Crippen molar-refractivity contribution in [2.75, 3.05) is 0 Å². The van der Waals surface area contributed by atoms with E-state index in [1.807, 2.05) is 33.0 Å². The normalized spacial score (nSPS) is 11.4. The highest BCUT2D eigenvalue weighted by Crippen LogP contribution is 2.26. The monoisotopic (exact) mass is 255 g/mol. The summed E-state index contributed by atoms with van der Waals surface area (Å²) in [6.07, 6.45) is 1.90. The van der Waals surface area contributed by atoms with Crippen molar-refractivity contribution in [2.24, 2.45) is 0 Å². The Bertz CT molecular complexity index is 780. The molecule has 0 aromatic carbocycles. The number of hydrogen-bond donors (Lipinski definition) is 0. The smallest absolute Gasteiger partial charge is 0.165 e. The zero-order chi connectivity index (χ0) is 13.7. The molecule has 3 aromatic rings. The van der Waals surface area contributed by atoms with E-state index in [4.69, 9.17) is 4.42 Å². The van der Waals surface area contributed by atoms with E-state index in [-0.39, 0.29) is 0 Å². The number of aryl methyl sites for hydroxylation is 5. The second-order valence-corrected chi connectivity index (χ2v) is 5.03. The van der Waals surface area contributed by atoms with Gasteiger partial charge < -0.3 is 4.42 Å². The summed E-state index contributed by atoms with van der Waals surface area (Å²) in [5, 5.41) is 0. The molecule has 0 unspecified atom stereocenters. The van der Waals surface area contributed by atoms with Gasteiger partial charge >= 0.3 is 0 Å². The molecule has 0 aliphatic carbocycles. The molecule has 4 nitrogen and oxygen atoms in total. The van der Waals surface area contributed by atoms with Crippen molar-refractivity contribution < 1.29 is 4.42 Å². The fourth-order valence-electron chi connectivity index (χ4n) is 2.46. The molecule has 0 spiro atoms. The lowest BCUT2D eigenvalue weighted by molar-refractivity contribution is 0.503. The zero-order valence-corrected chi connectivity index (χ0v) is 11.9. The van der Waals surface area contributed by atoms with Gasteiger partial charge in [0.05, 0.1) is 5.69 Å². The van der Waals surface area contributed by atoms with Gasteiger partial charge in [-0.05, 0) is 45.7 Å². The van der Waals surface area contributed by atoms with Crippen LogP contribution in [0.5, 0.6) is 0 Å². The summed E-state index contributed by atoms with van der Waals surface area (Å²) in [7, 11) is 0. The molecule has 0 bridgehead atoms. The standard InChI is InChI=1S/C15H17N3O/c1-8-7-16-15-14(10(8)3)17-12(5)18(15)13-6-9(2)19-11(13)4/h6-7H,1-5H3. The second kappa shape index (κ2) is 3.95. The van der Waals surface area contributed by atoms with Crippen LogP contribution in [0.3, 0.4) is 0 Å². The Hall–Kier alpha value is -2.10. The largest absolute Gasteiger partial charge is 0.464 e. The highest BCUT2D eigenvalue weighted by Gasteiger charge is 2.16. The van der Waals surface area contributed by atoms with E-state index in [0.717, 1.165) is 39.8 Å². The van der Waals surface area contributed by atoms with Gasteiger partial charge in [-0.3, -0.25) is 4.57 Å². The fraction of sp³-hybridized carbons (Fsp3) is 0.333. The quantitative estimate of drug-likeness (QED) is 0.667. The first-order valence-corrected chi connectivity index (χ1v) is 6.37. The maximum atomic E-state index is 5.62. The number of aromatic nitrogens is 3. The summed E-state index contributed by atoms with van der Waals surface area (Å²) in [5.74, 6) is 2.72. The molecular weight excluding hydrogens is 238 g/mol. The molecule has 0 aliphatic heterocycles. The van der Waals surface area contributed by atoms with Gasteiger partial charge in [0.15, 0.2) is 5.65 Å². The van der Waals surface area contributed by atoms with E-state index in [9.17, 15) is 0 Å². The lowest BCUT2D eigenvalue weighted by atomic mass is 10.1. The molecule has 4 heteroatoms. The molecule has 0 aliphatic rings. The summed E-state index contributed by atoms with van der Waals surface area (Å²) in [6, 6.07) is 2.03. The predicted molar refractivity (Wildman–Crippen MR) is 74.8 cm³/mol. The van der Waals surface area contributed by atoms with E-state index in [1.54, 1.807) is 0 Å². The Morgan fingerprint density at radius 2 is 1.84 bits per heavy atom. The third-order valence-electron chi connectivity index (χ3n) is 3.60.